The number of amides is 1. The zero-order valence-corrected chi connectivity index (χ0v) is 10.6. The lowest BCUT2D eigenvalue weighted by Crippen LogP contribution is -2.16. The molecule has 1 saturated carbocycles. The number of hydrogen-bond acceptors (Lipinski definition) is 4. The van der Waals surface area contributed by atoms with Crippen LogP contribution in [0, 0.1) is 11.7 Å². The van der Waals surface area contributed by atoms with Crippen LogP contribution in [0.3, 0.4) is 0 Å². The zero-order valence-electron chi connectivity index (χ0n) is 10.6. The van der Waals surface area contributed by atoms with Crippen molar-refractivity contribution in [2.24, 2.45) is 11.7 Å². The van der Waals surface area contributed by atoms with Crippen LogP contribution in [0.15, 0.2) is 12.1 Å². The van der Waals surface area contributed by atoms with Crippen LogP contribution in [0.25, 0.3) is 0 Å². The lowest BCUT2D eigenvalue weighted by atomic mass is 10.1. The first-order valence-electron chi connectivity index (χ1n) is 6.28. The van der Waals surface area contributed by atoms with E-state index in [1.807, 2.05) is 0 Å². The van der Waals surface area contributed by atoms with Crippen LogP contribution in [0.1, 0.15) is 23.2 Å². The summed E-state index contributed by atoms with van der Waals surface area (Å²) in [5.74, 6) is -0.482. The van der Waals surface area contributed by atoms with Gasteiger partial charge in [0, 0.05) is 18.8 Å². The van der Waals surface area contributed by atoms with Crippen molar-refractivity contribution in [1.82, 2.24) is 0 Å². The van der Waals surface area contributed by atoms with Gasteiger partial charge in [-0.15, -0.1) is 0 Å². The van der Waals surface area contributed by atoms with Gasteiger partial charge in [0.1, 0.15) is 5.82 Å². The molecule has 1 aliphatic rings. The first-order chi connectivity index (χ1) is 9.08. The van der Waals surface area contributed by atoms with Gasteiger partial charge in [0.2, 0.25) is 0 Å². The van der Waals surface area contributed by atoms with Gasteiger partial charge in [0.15, 0.2) is 0 Å². The average molecular weight is 267 g/mol. The Balaban J connectivity index is 1.87. The van der Waals surface area contributed by atoms with Crippen LogP contribution in [-0.2, 0) is 4.74 Å². The summed E-state index contributed by atoms with van der Waals surface area (Å²) in [5, 5.41) is 2.87. The predicted octanol–water partition coefficient (Wildman–Crippen LogP) is 1.35. The zero-order chi connectivity index (χ0) is 13.8. The fourth-order valence-corrected chi connectivity index (χ4v) is 1.73. The average Bonchev–Trinajstić information content (AvgIpc) is 3.14. The van der Waals surface area contributed by atoms with E-state index in [1.165, 1.54) is 18.9 Å². The third-order valence-corrected chi connectivity index (χ3v) is 3.02. The van der Waals surface area contributed by atoms with Gasteiger partial charge in [-0.1, -0.05) is 0 Å². The molecule has 0 aromatic heterocycles. The number of primary amides is 1. The molecule has 2 rings (SSSR count). The SMILES string of the molecule is NC(=O)c1cc(NCCOCC2CC2)c(F)cc1N. The van der Waals surface area contributed by atoms with Crippen LogP contribution in [-0.4, -0.2) is 25.7 Å². The fraction of sp³-hybridized carbons (Fsp3) is 0.462. The maximum Gasteiger partial charge on any atom is 0.250 e. The normalized spacial score (nSPS) is 14.4. The molecule has 19 heavy (non-hydrogen) atoms. The fourth-order valence-electron chi connectivity index (χ4n) is 1.73. The number of nitrogens with two attached hydrogens (primary N) is 2. The third kappa shape index (κ3) is 3.82. The number of nitrogen functional groups attached to an aromatic ring is 1. The Morgan fingerprint density at radius 2 is 2.21 bits per heavy atom. The van der Waals surface area contributed by atoms with E-state index in [2.05, 4.69) is 5.32 Å². The summed E-state index contributed by atoms with van der Waals surface area (Å²) in [7, 11) is 0. The molecule has 0 bridgehead atoms. The summed E-state index contributed by atoms with van der Waals surface area (Å²) in [6.07, 6.45) is 2.48. The Kier molecular flexibility index (Phi) is 4.21. The van der Waals surface area contributed by atoms with E-state index in [0.717, 1.165) is 12.7 Å². The van der Waals surface area contributed by atoms with Crippen molar-refractivity contribution in [3.8, 4) is 0 Å². The van der Waals surface area contributed by atoms with E-state index in [4.69, 9.17) is 16.2 Å². The Morgan fingerprint density at radius 3 is 2.84 bits per heavy atom. The topological polar surface area (TPSA) is 90.4 Å². The van der Waals surface area contributed by atoms with E-state index in [9.17, 15) is 9.18 Å². The molecule has 0 atom stereocenters. The van der Waals surface area contributed by atoms with Gasteiger partial charge in [-0.2, -0.15) is 0 Å². The molecule has 1 amide bonds. The number of nitrogens with one attached hydrogen (secondary N) is 1. The number of anilines is 2. The first kappa shape index (κ1) is 13.6. The summed E-state index contributed by atoms with van der Waals surface area (Å²) < 4.78 is 19.0. The smallest absolute Gasteiger partial charge is 0.250 e. The number of halogens is 1. The van der Waals surface area contributed by atoms with Crippen LogP contribution in [0.2, 0.25) is 0 Å². The minimum atomic E-state index is -0.675. The van der Waals surface area contributed by atoms with Crippen molar-refractivity contribution < 1.29 is 13.9 Å². The number of carbonyl (C=O) groups excluding carboxylic acids is 1. The van der Waals surface area contributed by atoms with Crippen LogP contribution >= 0.6 is 0 Å². The van der Waals surface area contributed by atoms with Gasteiger partial charge in [-0.3, -0.25) is 4.79 Å². The van der Waals surface area contributed by atoms with Crippen molar-refractivity contribution in [1.29, 1.82) is 0 Å². The van der Waals surface area contributed by atoms with Crippen molar-refractivity contribution in [3.05, 3.63) is 23.5 Å². The summed E-state index contributed by atoms with van der Waals surface area (Å²) in [4.78, 5) is 11.1. The van der Waals surface area contributed by atoms with Gasteiger partial charge < -0.3 is 21.5 Å². The minimum Gasteiger partial charge on any atom is -0.398 e. The lowest BCUT2D eigenvalue weighted by Gasteiger charge is -2.10. The second-order valence-corrected chi connectivity index (χ2v) is 4.73. The lowest BCUT2D eigenvalue weighted by molar-refractivity contribution is 0.100. The minimum absolute atomic E-state index is 0.0422. The monoisotopic (exact) mass is 267 g/mol. The predicted molar refractivity (Wildman–Crippen MR) is 71.4 cm³/mol. The highest BCUT2D eigenvalue weighted by Gasteiger charge is 2.20. The highest BCUT2D eigenvalue weighted by atomic mass is 19.1. The van der Waals surface area contributed by atoms with Crippen LogP contribution in [0.4, 0.5) is 15.8 Å². The number of ether oxygens (including phenoxy) is 1. The van der Waals surface area contributed by atoms with Crippen molar-refractivity contribution in [2.45, 2.75) is 12.8 Å². The summed E-state index contributed by atoms with van der Waals surface area (Å²) in [5.41, 5.74) is 11.0. The molecule has 104 valence electrons. The Morgan fingerprint density at radius 1 is 1.47 bits per heavy atom. The number of benzene rings is 1. The highest BCUT2D eigenvalue weighted by molar-refractivity contribution is 5.99. The van der Waals surface area contributed by atoms with Crippen LogP contribution < -0.4 is 16.8 Å². The van der Waals surface area contributed by atoms with E-state index < -0.39 is 11.7 Å². The molecule has 1 aromatic carbocycles. The second kappa shape index (κ2) is 5.88. The maximum absolute atomic E-state index is 13.6. The third-order valence-electron chi connectivity index (χ3n) is 3.02. The van der Waals surface area contributed by atoms with Gasteiger partial charge >= 0.3 is 0 Å². The van der Waals surface area contributed by atoms with Gasteiger partial charge in [-0.25, -0.2) is 4.39 Å². The number of hydrogen-bond donors (Lipinski definition) is 3. The molecule has 6 heteroatoms. The molecular formula is C13H18FN3O2. The summed E-state index contributed by atoms with van der Waals surface area (Å²) in [6, 6.07) is 2.42. The molecule has 5 nitrogen and oxygen atoms in total. The first-order valence-corrected chi connectivity index (χ1v) is 6.28. The molecule has 1 aromatic rings. The van der Waals surface area contributed by atoms with Crippen molar-refractivity contribution >= 4 is 17.3 Å². The molecule has 0 heterocycles. The summed E-state index contributed by atoms with van der Waals surface area (Å²) >= 11 is 0. The molecule has 1 fully saturated rings. The summed E-state index contributed by atoms with van der Waals surface area (Å²) in [6.45, 7) is 1.72. The Labute approximate surface area is 111 Å². The van der Waals surface area contributed by atoms with Crippen LogP contribution in [0.5, 0.6) is 0 Å². The van der Waals surface area contributed by atoms with Crippen molar-refractivity contribution in [2.75, 3.05) is 30.8 Å². The van der Waals surface area contributed by atoms with E-state index >= 15 is 0 Å². The number of rotatable bonds is 7. The molecular weight excluding hydrogens is 249 g/mol. The molecule has 0 radical (unpaired) electrons. The van der Waals surface area contributed by atoms with Gasteiger partial charge in [-0.05, 0) is 30.9 Å². The van der Waals surface area contributed by atoms with Crippen molar-refractivity contribution in [3.63, 3.8) is 0 Å². The van der Waals surface area contributed by atoms with Gasteiger partial charge in [0.05, 0.1) is 17.9 Å². The molecule has 0 spiro atoms. The molecule has 0 aliphatic heterocycles. The Bertz CT molecular complexity index is 475. The van der Waals surface area contributed by atoms with E-state index in [1.54, 1.807) is 0 Å². The van der Waals surface area contributed by atoms with E-state index in [-0.39, 0.29) is 16.9 Å². The van der Waals surface area contributed by atoms with E-state index in [0.29, 0.717) is 19.1 Å². The number of carbonyl (C=O) groups is 1. The molecule has 0 saturated heterocycles. The highest BCUT2D eigenvalue weighted by Crippen LogP contribution is 2.28. The Hall–Kier alpha value is -1.82. The molecule has 1 aliphatic carbocycles. The van der Waals surface area contributed by atoms with Gasteiger partial charge in [0.25, 0.3) is 5.91 Å². The maximum atomic E-state index is 13.6. The molecule has 5 N–H and O–H groups in total. The second-order valence-electron chi connectivity index (χ2n) is 4.73. The quantitative estimate of drug-likeness (QED) is 0.513. The molecule has 0 unspecified atom stereocenters. The standard InChI is InChI=1S/C13H18FN3O2/c14-10-6-11(15)9(13(16)18)5-12(10)17-3-4-19-7-8-1-2-8/h5-6,8,17H,1-4,7,15H2,(H2,16,18). The largest absolute Gasteiger partial charge is 0.398 e.